The van der Waals surface area contributed by atoms with Crippen LogP contribution in [0.15, 0.2) is 0 Å². The summed E-state index contributed by atoms with van der Waals surface area (Å²) in [7, 11) is 0. The smallest absolute Gasteiger partial charge is 0.243 e. The lowest BCUT2D eigenvalue weighted by Gasteiger charge is -2.58. The molecular formula is C15H28N2O2. The van der Waals surface area contributed by atoms with Crippen molar-refractivity contribution in [2.75, 3.05) is 13.2 Å². The quantitative estimate of drug-likeness (QED) is 0.849. The van der Waals surface area contributed by atoms with Gasteiger partial charge in [0, 0.05) is 31.0 Å². The van der Waals surface area contributed by atoms with Gasteiger partial charge in [0.25, 0.3) is 0 Å². The van der Waals surface area contributed by atoms with Crippen LogP contribution in [0.5, 0.6) is 0 Å². The highest BCUT2D eigenvalue weighted by molar-refractivity contribution is 5.89. The molecule has 2 N–H and O–H groups in total. The second-order valence-corrected chi connectivity index (χ2v) is 6.99. The summed E-state index contributed by atoms with van der Waals surface area (Å²) >= 11 is 0. The summed E-state index contributed by atoms with van der Waals surface area (Å²) in [6.07, 6.45) is 1.82. The van der Waals surface area contributed by atoms with Crippen LogP contribution in [0.3, 0.4) is 0 Å². The minimum atomic E-state index is -0.759. The second-order valence-electron chi connectivity index (χ2n) is 6.99. The summed E-state index contributed by atoms with van der Waals surface area (Å²) in [4.78, 5) is 14.8. The number of nitrogens with zero attached hydrogens (tertiary/aromatic N) is 1. The van der Waals surface area contributed by atoms with Crippen LogP contribution < -0.4 is 5.73 Å². The molecule has 1 amide bonds. The lowest BCUT2D eigenvalue weighted by atomic mass is 9.54. The molecule has 0 aromatic rings. The minimum Gasteiger partial charge on any atom is -0.378 e. The SMILES string of the molecule is CCOC1CC(N)(C(=O)N2CC(C)CC2C)C1(C)C. The number of hydrogen-bond acceptors (Lipinski definition) is 3. The summed E-state index contributed by atoms with van der Waals surface area (Å²) < 4.78 is 5.70. The molecular weight excluding hydrogens is 240 g/mol. The van der Waals surface area contributed by atoms with Crippen LogP contribution in [0, 0.1) is 11.3 Å². The first kappa shape index (κ1) is 14.8. The number of carbonyl (C=O) groups is 1. The molecule has 2 rings (SSSR count). The summed E-state index contributed by atoms with van der Waals surface area (Å²) in [6.45, 7) is 11.9. The molecule has 1 aliphatic heterocycles. The first-order valence-electron chi connectivity index (χ1n) is 7.45. The van der Waals surface area contributed by atoms with E-state index in [0.29, 0.717) is 25.0 Å². The Bertz CT molecular complexity index is 369. The van der Waals surface area contributed by atoms with E-state index in [2.05, 4.69) is 27.7 Å². The Kier molecular flexibility index (Phi) is 3.69. The van der Waals surface area contributed by atoms with Gasteiger partial charge >= 0.3 is 0 Å². The van der Waals surface area contributed by atoms with Crippen molar-refractivity contribution in [1.29, 1.82) is 0 Å². The van der Waals surface area contributed by atoms with Crippen molar-refractivity contribution in [3.63, 3.8) is 0 Å². The molecule has 4 unspecified atom stereocenters. The Morgan fingerprint density at radius 2 is 2.05 bits per heavy atom. The molecule has 4 atom stereocenters. The van der Waals surface area contributed by atoms with E-state index in [1.807, 2.05) is 11.8 Å². The first-order valence-corrected chi connectivity index (χ1v) is 7.45. The molecule has 0 radical (unpaired) electrons. The zero-order valence-electron chi connectivity index (χ0n) is 12.9. The normalized spacial score (nSPS) is 41.2. The van der Waals surface area contributed by atoms with Crippen molar-refractivity contribution < 1.29 is 9.53 Å². The fourth-order valence-electron chi connectivity index (χ4n) is 3.64. The van der Waals surface area contributed by atoms with Crippen molar-refractivity contribution >= 4 is 5.91 Å². The predicted molar refractivity (Wildman–Crippen MR) is 75.7 cm³/mol. The van der Waals surface area contributed by atoms with Crippen LogP contribution in [-0.2, 0) is 9.53 Å². The van der Waals surface area contributed by atoms with Crippen LogP contribution in [0.25, 0.3) is 0 Å². The molecule has 1 saturated carbocycles. The Morgan fingerprint density at radius 3 is 2.47 bits per heavy atom. The Balaban J connectivity index is 2.12. The van der Waals surface area contributed by atoms with E-state index in [4.69, 9.17) is 10.5 Å². The van der Waals surface area contributed by atoms with E-state index in [1.54, 1.807) is 0 Å². The highest BCUT2D eigenvalue weighted by atomic mass is 16.5. The van der Waals surface area contributed by atoms with Gasteiger partial charge in [0.2, 0.25) is 5.91 Å². The maximum Gasteiger partial charge on any atom is 0.243 e. The highest BCUT2D eigenvalue weighted by Gasteiger charge is 2.64. The maximum atomic E-state index is 12.8. The molecule has 0 spiro atoms. The van der Waals surface area contributed by atoms with Gasteiger partial charge in [0.15, 0.2) is 0 Å². The zero-order chi connectivity index (χ0) is 14.4. The lowest BCUT2D eigenvalue weighted by molar-refractivity contribution is -0.179. The fourth-order valence-corrected chi connectivity index (χ4v) is 3.64. The molecule has 1 saturated heterocycles. The highest BCUT2D eigenvalue weighted by Crippen LogP contribution is 2.51. The first-order chi connectivity index (χ1) is 8.74. The standard InChI is InChI=1S/C15H28N2O2/c1-6-19-12-8-15(16,14(12,4)5)13(18)17-9-10(2)7-11(17)3/h10-12H,6-9,16H2,1-5H3. The molecule has 0 aromatic heterocycles. The van der Waals surface area contributed by atoms with Gasteiger partial charge < -0.3 is 15.4 Å². The monoisotopic (exact) mass is 268 g/mol. The molecule has 4 heteroatoms. The summed E-state index contributed by atoms with van der Waals surface area (Å²) in [6, 6.07) is 0.310. The Labute approximate surface area is 116 Å². The maximum absolute atomic E-state index is 12.8. The van der Waals surface area contributed by atoms with Crippen LogP contribution in [0.1, 0.15) is 47.5 Å². The van der Waals surface area contributed by atoms with E-state index >= 15 is 0 Å². The summed E-state index contributed by atoms with van der Waals surface area (Å²) in [5, 5.41) is 0. The van der Waals surface area contributed by atoms with Crippen molar-refractivity contribution in [1.82, 2.24) is 4.90 Å². The van der Waals surface area contributed by atoms with Gasteiger partial charge in [-0.3, -0.25) is 4.79 Å². The van der Waals surface area contributed by atoms with Gasteiger partial charge in [0.05, 0.1) is 6.10 Å². The largest absolute Gasteiger partial charge is 0.378 e. The van der Waals surface area contributed by atoms with E-state index in [-0.39, 0.29) is 17.4 Å². The molecule has 2 fully saturated rings. The van der Waals surface area contributed by atoms with Gasteiger partial charge in [-0.05, 0) is 26.2 Å². The Morgan fingerprint density at radius 1 is 1.42 bits per heavy atom. The van der Waals surface area contributed by atoms with Crippen LogP contribution in [0.2, 0.25) is 0 Å². The van der Waals surface area contributed by atoms with Crippen molar-refractivity contribution in [2.45, 2.75) is 65.1 Å². The van der Waals surface area contributed by atoms with Gasteiger partial charge in [-0.2, -0.15) is 0 Å². The lowest BCUT2D eigenvalue weighted by Crippen LogP contribution is -2.76. The van der Waals surface area contributed by atoms with Crippen LogP contribution in [0.4, 0.5) is 0 Å². The van der Waals surface area contributed by atoms with Gasteiger partial charge in [-0.1, -0.05) is 20.8 Å². The van der Waals surface area contributed by atoms with Gasteiger partial charge in [-0.15, -0.1) is 0 Å². The number of ether oxygens (including phenoxy) is 1. The number of hydrogen-bond donors (Lipinski definition) is 1. The third-order valence-corrected chi connectivity index (χ3v) is 5.26. The molecule has 0 aromatic carbocycles. The number of rotatable bonds is 3. The zero-order valence-corrected chi connectivity index (χ0v) is 12.9. The third-order valence-electron chi connectivity index (χ3n) is 5.26. The molecule has 19 heavy (non-hydrogen) atoms. The number of likely N-dealkylation sites (tertiary alicyclic amines) is 1. The van der Waals surface area contributed by atoms with E-state index in [1.165, 1.54) is 0 Å². The fraction of sp³-hybridized carbons (Fsp3) is 0.933. The van der Waals surface area contributed by atoms with Gasteiger partial charge in [-0.25, -0.2) is 0 Å². The topological polar surface area (TPSA) is 55.6 Å². The second kappa shape index (κ2) is 4.74. The number of nitrogens with two attached hydrogens (primary N) is 1. The predicted octanol–water partition coefficient (Wildman–Crippen LogP) is 1.78. The summed E-state index contributed by atoms with van der Waals surface area (Å²) in [5.74, 6) is 0.693. The number of carbonyl (C=O) groups excluding carboxylic acids is 1. The van der Waals surface area contributed by atoms with Crippen LogP contribution >= 0.6 is 0 Å². The molecule has 110 valence electrons. The van der Waals surface area contributed by atoms with E-state index < -0.39 is 5.54 Å². The van der Waals surface area contributed by atoms with Crippen LogP contribution in [-0.4, -0.2) is 41.6 Å². The van der Waals surface area contributed by atoms with Crippen molar-refractivity contribution in [3.8, 4) is 0 Å². The summed E-state index contributed by atoms with van der Waals surface area (Å²) in [5.41, 5.74) is 5.42. The van der Waals surface area contributed by atoms with Gasteiger partial charge in [0.1, 0.15) is 5.54 Å². The molecule has 0 bridgehead atoms. The van der Waals surface area contributed by atoms with E-state index in [9.17, 15) is 4.79 Å². The molecule has 4 nitrogen and oxygen atoms in total. The van der Waals surface area contributed by atoms with E-state index in [0.717, 1.165) is 13.0 Å². The average molecular weight is 268 g/mol. The Hall–Kier alpha value is -0.610. The molecule has 1 heterocycles. The molecule has 1 aliphatic carbocycles. The van der Waals surface area contributed by atoms with Crippen molar-refractivity contribution in [2.24, 2.45) is 17.1 Å². The minimum absolute atomic E-state index is 0.0989. The van der Waals surface area contributed by atoms with Crippen molar-refractivity contribution in [3.05, 3.63) is 0 Å². The average Bonchev–Trinajstić information content (AvgIpc) is 2.67. The third kappa shape index (κ3) is 2.09. The number of amides is 1. The molecule has 2 aliphatic rings.